The molecule has 1 aromatic carbocycles. The predicted molar refractivity (Wildman–Crippen MR) is 118 cm³/mol. The molecule has 166 valence electrons. The monoisotopic (exact) mass is 426 g/mol. The van der Waals surface area contributed by atoms with Gasteiger partial charge in [-0.25, -0.2) is 9.97 Å². The molecule has 0 spiro atoms. The Morgan fingerprint density at radius 1 is 1.06 bits per heavy atom. The number of piperazine rings is 1. The number of hydrogen-bond donors (Lipinski definition) is 0. The summed E-state index contributed by atoms with van der Waals surface area (Å²) in [6.07, 6.45) is 0. The van der Waals surface area contributed by atoms with Crippen LogP contribution in [0.3, 0.4) is 0 Å². The number of aromatic nitrogens is 2. The molecule has 2 heterocycles. The number of amides is 1. The summed E-state index contributed by atoms with van der Waals surface area (Å²) in [6, 6.07) is 6.93. The average molecular weight is 427 g/mol. The van der Waals surface area contributed by atoms with Gasteiger partial charge < -0.3 is 19.3 Å². The van der Waals surface area contributed by atoms with Gasteiger partial charge in [-0.1, -0.05) is 13.8 Å². The molecule has 0 bridgehead atoms. The fraction of sp³-hybridized carbons (Fsp3) is 0.478. The molecule has 1 saturated heterocycles. The lowest BCUT2D eigenvalue weighted by molar-refractivity contribution is -0.133. The van der Waals surface area contributed by atoms with Gasteiger partial charge in [0.25, 0.3) is 5.91 Å². The fourth-order valence-corrected chi connectivity index (χ4v) is 3.42. The lowest BCUT2D eigenvalue weighted by Crippen LogP contribution is -2.50. The molecule has 3 rings (SSSR count). The van der Waals surface area contributed by atoms with Gasteiger partial charge in [0.2, 0.25) is 0 Å². The quantitative estimate of drug-likeness (QED) is 0.630. The molecule has 1 aromatic heterocycles. The summed E-state index contributed by atoms with van der Waals surface area (Å²) in [5.74, 6) is 2.75. The maximum atomic E-state index is 12.6. The van der Waals surface area contributed by atoms with E-state index in [1.807, 2.05) is 13.0 Å². The highest BCUT2D eigenvalue weighted by molar-refractivity contribution is 5.94. The highest BCUT2D eigenvalue weighted by Gasteiger charge is 2.23. The van der Waals surface area contributed by atoms with Gasteiger partial charge in [0.15, 0.2) is 23.9 Å². The number of carbonyl (C=O) groups is 2. The zero-order valence-corrected chi connectivity index (χ0v) is 18.8. The summed E-state index contributed by atoms with van der Waals surface area (Å²) in [6.45, 7) is 10.2. The smallest absolute Gasteiger partial charge is 0.260 e. The Morgan fingerprint density at radius 3 is 2.39 bits per heavy atom. The van der Waals surface area contributed by atoms with E-state index in [1.54, 1.807) is 23.1 Å². The molecule has 0 aliphatic carbocycles. The minimum absolute atomic E-state index is 0.0572. The van der Waals surface area contributed by atoms with Gasteiger partial charge >= 0.3 is 0 Å². The molecule has 1 fully saturated rings. The molecular weight excluding hydrogens is 396 g/mol. The zero-order chi connectivity index (χ0) is 22.5. The number of methoxy groups -OCH3 is 1. The third-order valence-corrected chi connectivity index (χ3v) is 5.25. The second-order valence-corrected chi connectivity index (χ2v) is 7.96. The summed E-state index contributed by atoms with van der Waals surface area (Å²) in [5, 5.41) is 0. The van der Waals surface area contributed by atoms with Crippen molar-refractivity contribution in [2.24, 2.45) is 0 Å². The second-order valence-electron chi connectivity index (χ2n) is 7.96. The minimum Gasteiger partial charge on any atom is -0.493 e. The molecule has 31 heavy (non-hydrogen) atoms. The van der Waals surface area contributed by atoms with E-state index in [4.69, 9.17) is 9.47 Å². The highest BCUT2D eigenvalue weighted by atomic mass is 16.5. The molecule has 8 nitrogen and oxygen atoms in total. The number of carbonyl (C=O) groups excluding carboxylic acids is 2. The molecule has 1 aliphatic rings. The summed E-state index contributed by atoms with van der Waals surface area (Å²) in [4.78, 5) is 37.4. The van der Waals surface area contributed by atoms with E-state index in [1.165, 1.54) is 14.0 Å². The lowest BCUT2D eigenvalue weighted by atomic mass is 10.1. The lowest BCUT2D eigenvalue weighted by Gasteiger charge is -2.35. The Hall–Kier alpha value is -3.16. The number of rotatable bonds is 7. The number of ether oxygens (including phenoxy) is 2. The second kappa shape index (κ2) is 9.76. The van der Waals surface area contributed by atoms with Crippen LogP contribution < -0.4 is 14.4 Å². The summed E-state index contributed by atoms with van der Waals surface area (Å²) in [5.41, 5.74) is 1.48. The Labute approximate surface area is 183 Å². The van der Waals surface area contributed by atoms with Crippen molar-refractivity contribution in [1.82, 2.24) is 14.9 Å². The third-order valence-electron chi connectivity index (χ3n) is 5.25. The van der Waals surface area contributed by atoms with E-state index in [9.17, 15) is 9.59 Å². The SMILES string of the molecule is COc1cc(C(C)=O)ccc1OCC(=O)N1CCN(c2cc(C)nc(C(C)C)n2)CC1. The van der Waals surface area contributed by atoms with Gasteiger partial charge in [-0.2, -0.15) is 0 Å². The van der Waals surface area contributed by atoms with Gasteiger partial charge in [-0.15, -0.1) is 0 Å². The van der Waals surface area contributed by atoms with Crippen LogP contribution in [-0.2, 0) is 4.79 Å². The first-order chi connectivity index (χ1) is 14.8. The van der Waals surface area contributed by atoms with Crippen LogP contribution in [0.15, 0.2) is 24.3 Å². The molecule has 0 atom stereocenters. The van der Waals surface area contributed by atoms with Crippen LogP contribution >= 0.6 is 0 Å². The van der Waals surface area contributed by atoms with E-state index in [0.717, 1.165) is 17.3 Å². The first-order valence-electron chi connectivity index (χ1n) is 10.5. The van der Waals surface area contributed by atoms with Crippen molar-refractivity contribution in [3.63, 3.8) is 0 Å². The van der Waals surface area contributed by atoms with Gasteiger partial charge in [0, 0.05) is 49.4 Å². The molecular formula is C23H30N4O4. The van der Waals surface area contributed by atoms with Crippen molar-refractivity contribution in [2.75, 3.05) is 44.8 Å². The molecule has 0 N–H and O–H groups in total. The van der Waals surface area contributed by atoms with Crippen LogP contribution in [-0.4, -0.2) is 66.5 Å². The van der Waals surface area contributed by atoms with Crippen molar-refractivity contribution < 1.29 is 19.1 Å². The first-order valence-corrected chi connectivity index (χ1v) is 10.5. The highest BCUT2D eigenvalue weighted by Crippen LogP contribution is 2.28. The normalized spacial score (nSPS) is 14.0. The first kappa shape index (κ1) is 22.5. The Kier molecular flexibility index (Phi) is 7.09. The molecule has 0 saturated carbocycles. The van der Waals surface area contributed by atoms with Gasteiger partial charge in [-0.3, -0.25) is 9.59 Å². The van der Waals surface area contributed by atoms with Crippen molar-refractivity contribution >= 4 is 17.5 Å². The number of hydrogen-bond acceptors (Lipinski definition) is 7. The summed E-state index contributed by atoms with van der Waals surface area (Å²) in [7, 11) is 1.51. The van der Waals surface area contributed by atoms with Crippen LogP contribution in [0.25, 0.3) is 0 Å². The van der Waals surface area contributed by atoms with Crippen LogP contribution in [0.1, 0.15) is 48.6 Å². The number of nitrogens with zero attached hydrogens (tertiary/aromatic N) is 4. The standard InChI is InChI=1S/C23H30N4O4/c1-15(2)23-24-16(3)12-21(25-23)26-8-10-27(11-9-26)22(29)14-31-19-7-6-18(17(4)28)13-20(19)30-5/h6-7,12-13,15H,8-11,14H2,1-5H3. The molecule has 0 radical (unpaired) electrons. The van der Waals surface area contributed by atoms with Gasteiger partial charge in [-0.05, 0) is 32.0 Å². The topological polar surface area (TPSA) is 84.9 Å². The maximum absolute atomic E-state index is 12.6. The van der Waals surface area contributed by atoms with Crippen LogP contribution in [0.2, 0.25) is 0 Å². The van der Waals surface area contributed by atoms with Crippen molar-refractivity contribution in [2.45, 2.75) is 33.6 Å². The van der Waals surface area contributed by atoms with Crippen molar-refractivity contribution in [1.29, 1.82) is 0 Å². The van der Waals surface area contributed by atoms with E-state index in [2.05, 4.69) is 28.7 Å². The van der Waals surface area contributed by atoms with E-state index < -0.39 is 0 Å². The number of Topliss-reactive ketones (excluding diaryl/α,β-unsaturated/α-hetero) is 1. The minimum atomic E-state index is -0.0842. The molecule has 0 unspecified atom stereocenters. The number of benzene rings is 1. The average Bonchev–Trinajstić information content (AvgIpc) is 2.76. The van der Waals surface area contributed by atoms with Crippen LogP contribution in [0, 0.1) is 6.92 Å². The Bertz CT molecular complexity index is 953. The maximum Gasteiger partial charge on any atom is 0.260 e. The van der Waals surface area contributed by atoms with Crippen LogP contribution in [0.4, 0.5) is 5.82 Å². The van der Waals surface area contributed by atoms with Gasteiger partial charge in [0.05, 0.1) is 7.11 Å². The molecule has 8 heteroatoms. The molecule has 2 aromatic rings. The summed E-state index contributed by atoms with van der Waals surface area (Å²) < 4.78 is 11.0. The van der Waals surface area contributed by atoms with Crippen LogP contribution in [0.5, 0.6) is 11.5 Å². The van der Waals surface area contributed by atoms with E-state index in [0.29, 0.717) is 43.2 Å². The Balaban J connectivity index is 1.57. The van der Waals surface area contributed by atoms with Gasteiger partial charge in [0.1, 0.15) is 11.6 Å². The van der Waals surface area contributed by atoms with Crippen molar-refractivity contribution in [3.05, 3.63) is 41.3 Å². The summed E-state index contributed by atoms with van der Waals surface area (Å²) >= 11 is 0. The molecule has 1 aliphatic heterocycles. The zero-order valence-electron chi connectivity index (χ0n) is 18.8. The number of anilines is 1. The van der Waals surface area contributed by atoms with E-state index >= 15 is 0 Å². The largest absolute Gasteiger partial charge is 0.493 e. The number of ketones is 1. The fourth-order valence-electron chi connectivity index (χ4n) is 3.42. The Morgan fingerprint density at radius 2 is 1.77 bits per heavy atom. The third kappa shape index (κ3) is 5.51. The number of aryl methyl sites for hydroxylation is 1. The van der Waals surface area contributed by atoms with E-state index in [-0.39, 0.29) is 24.2 Å². The van der Waals surface area contributed by atoms with Crippen molar-refractivity contribution in [3.8, 4) is 11.5 Å². The molecule has 1 amide bonds. The predicted octanol–water partition coefficient (Wildman–Crippen LogP) is 2.85.